The first-order chi connectivity index (χ1) is 6.36. The van der Waals surface area contributed by atoms with Crippen LogP contribution in [0.15, 0.2) is 11.6 Å². The Balaban J connectivity index is 1.93. The Morgan fingerprint density at radius 3 is 3.00 bits per heavy atom. The molecular weight excluding hydrogens is 184 g/mol. The van der Waals surface area contributed by atoms with Crippen molar-refractivity contribution in [1.82, 2.24) is 4.98 Å². The van der Waals surface area contributed by atoms with Gasteiger partial charge in [-0.05, 0) is 12.8 Å². The zero-order valence-electron chi connectivity index (χ0n) is 7.44. The highest BCUT2D eigenvalue weighted by Gasteiger charge is 2.22. The van der Waals surface area contributed by atoms with Crippen molar-refractivity contribution in [2.45, 2.75) is 37.8 Å². The fraction of sp³-hybridized carbons (Fsp3) is 0.667. The fourth-order valence-corrected chi connectivity index (χ4v) is 2.32. The van der Waals surface area contributed by atoms with Gasteiger partial charge in [0.1, 0.15) is 0 Å². The largest absolute Gasteiger partial charge is 0.391 e. The van der Waals surface area contributed by atoms with Gasteiger partial charge in [0.25, 0.3) is 0 Å². The monoisotopic (exact) mass is 198 g/mol. The third kappa shape index (κ3) is 2.19. The third-order valence-electron chi connectivity index (χ3n) is 2.47. The molecule has 3 nitrogen and oxygen atoms in total. The molecule has 13 heavy (non-hydrogen) atoms. The minimum atomic E-state index is -0.197. The minimum Gasteiger partial charge on any atom is -0.391 e. The van der Waals surface area contributed by atoms with E-state index in [2.05, 4.69) is 10.3 Å². The second-order valence-corrected chi connectivity index (χ2v) is 4.33. The predicted octanol–water partition coefficient (Wildman–Crippen LogP) is 1.86. The number of nitrogens with zero attached hydrogens (tertiary/aromatic N) is 1. The summed E-state index contributed by atoms with van der Waals surface area (Å²) in [6.45, 7) is 0. The molecule has 4 heteroatoms. The van der Waals surface area contributed by atoms with Gasteiger partial charge in [0.05, 0.1) is 12.1 Å². The van der Waals surface area contributed by atoms with Gasteiger partial charge in [0.2, 0.25) is 0 Å². The average molecular weight is 198 g/mol. The van der Waals surface area contributed by atoms with Crippen LogP contribution in [0, 0.1) is 0 Å². The number of rotatable bonds is 2. The molecule has 1 aliphatic carbocycles. The smallest absolute Gasteiger partial charge is 0.182 e. The SMILES string of the molecule is OC1CCCCC1Nc1nccs1. The van der Waals surface area contributed by atoms with E-state index in [1.165, 1.54) is 6.42 Å². The lowest BCUT2D eigenvalue weighted by molar-refractivity contribution is 0.116. The van der Waals surface area contributed by atoms with Crippen LogP contribution in [0.25, 0.3) is 0 Å². The van der Waals surface area contributed by atoms with Crippen molar-refractivity contribution < 1.29 is 5.11 Å². The minimum absolute atomic E-state index is 0.197. The van der Waals surface area contributed by atoms with Gasteiger partial charge in [-0.1, -0.05) is 12.8 Å². The molecule has 2 rings (SSSR count). The summed E-state index contributed by atoms with van der Waals surface area (Å²) in [5.41, 5.74) is 0. The highest BCUT2D eigenvalue weighted by Crippen LogP contribution is 2.22. The maximum Gasteiger partial charge on any atom is 0.182 e. The summed E-state index contributed by atoms with van der Waals surface area (Å²) >= 11 is 1.59. The van der Waals surface area contributed by atoms with Gasteiger partial charge in [-0.15, -0.1) is 11.3 Å². The molecule has 0 spiro atoms. The van der Waals surface area contributed by atoms with Crippen molar-refractivity contribution in [3.8, 4) is 0 Å². The van der Waals surface area contributed by atoms with E-state index >= 15 is 0 Å². The summed E-state index contributed by atoms with van der Waals surface area (Å²) in [5, 5.41) is 15.8. The van der Waals surface area contributed by atoms with Crippen LogP contribution >= 0.6 is 11.3 Å². The molecule has 1 heterocycles. The molecule has 1 fully saturated rings. The number of hydrogen-bond donors (Lipinski definition) is 2. The molecule has 2 N–H and O–H groups in total. The number of aliphatic hydroxyl groups is 1. The van der Waals surface area contributed by atoms with Crippen molar-refractivity contribution in [2.24, 2.45) is 0 Å². The molecule has 0 aromatic carbocycles. The maximum absolute atomic E-state index is 9.68. The Morgan fingerprint density at radius 2 is 2.31 bits per heavy atom. The summed E-state index contributed by atoms with van der Waals surface area (Å²) in [5.74, 6) is 0. The van der Waals surface area contributed by atoms with Crippen LogP contribution in [0.1, 0.15) is 25.7 Å². The number of anilines is 1. The molecule has 72 valence electrons. The molecule has 2 atom stereocenters. The fourth-order valence-electron chi connectivity index (χ4n) is 1.73. The van der Waals surface area contributed by atoms with Gasteiger partial charge < -0.3 is 10.4 Å². The molecule has 0 radical (unpaired) electrons. The lowest BCUT2D eigenvalue weighted by Gasteiger charge is -2.27. The molecule has 0 amide bonds. The predicted molar refractivity (Wildman–Crippen MR) is 54.0 cm³/mol. The van der Waals surface area contributed by atoms with Crippen molar-refractivity contribution in [3.05, 3.63) is 11.6 Å². The first-order valence-electron chi connectivity index (χ1n) is 4.70. The van der Waals surface area contributed by atoms with Crippen molar-refractivity contribution in [2.75, 3.05) is 5.32 Å². The first-order valence-corrected chi connectivity index (χ1v) is 5.58. The average Bonchev–Trinajstić information content (AvgIpc) is 2.61. The molecule has 0 aliphatic heterocycles. The summed E-state index contributed by atoms with van der Waals surface area (Å²) in [7, 11) is 0. The summed E-state index contributed by atoms with van der Waals surface area (Å²) in [4.78, 5) is 4.14. The standard InChI is InChI=1S/C9H14N2OS/c12-8-4-2-1-3-7(8)11-9-10-5-6-13-9/h5-8,12H,1-4H2,(H,10,11). The van der Waals surface area contributed by atoms with Gasteiger partial charge in [-0.2, -0.15) is 0 Å². The lowest BCUT2D eigenvalue weighted by Crippen LogP contribution is -2.36. The molecule has 1 aliphatic rings. The van der Waals surface area contributed by atoms with Crippen LogP contribution in [-0.2, 0) is 0 Å². The third-order valence-corrected chi connectivity index (χ3v) is 3.17. The summed E-state index contributed by atoms with van der Waals surface area (Å²) in [6, 6.07) is 0.208. The number of thiazole rings is 1. The normalized spacial score (nSPS) is 28.7. The Morgan fingerprint density at radius 1 is 1.46 bits per heavy atom. The second-order valence-electron chi connectivity index (χ2n) is 3.44. The highest BCUT2D eigenvalue weighted by molar-refractivity contribution is 7.13. The number of nitrogens with one attached hydrogen (secondary N) is 1. The van der Waals surface area contributed by atoms with Crippen LogP contribution in [0.3, 0.4) is 0 Å². The van der Waals surface area contributed by atoms with Gasteiger partial charge in [0.15, 0.2) is 5.13 Å². The van der Waals surface area contributed by atoms with Crippen LogP contribution in [-0.4, -0.2) is 22.2 Å². The van der Waals surface area contributed by atoms with Crippen LogP contribution in [0.5, 0.6) is 0 Å². The van der Waals surface area contributed by atoms with E-state index < -0.39 is 0 Å². The summed E-state index contributed by atoms with van der Waals surface area (Å²) in [6.07, 6.45) is 5.92. The van der Waals surface area contributed by atoms with E-state index in [4.69, 9.17) is 0 Å². The van der Waals surface area contributed by atoms with Crippen LogP contribution in [0.2, 0.25) is 0 Å². The van der Waals surface area contributed by atoms with Crippen molar-refractivity contribution in [3.63, 3.8) is 0 Å². The van der Waals surface area contributed by atoms with E-state index in [0.29, 0.717) is 0 Å². The van der Waals surface area contributed by atoms with Gasteiger partial charge in [0, 0.05) is 11.6 Å². The quantitative estimate of drug-likeness (QED) is 0.762. The zero-order valence-corrected chi connectivity index (χ0v) is 8.26. The lowest BCUT2D eigenvalue weighted by atomic mass is 9.93. The Bertz CT molecular complexity index is 250. The maximum atomic E-state index is 9.68. The Hall–Kier alpha value is -0.610. The molecule has 1 aromatic rings. The molecular formula is C9H14N2OS. The number of aromatic nitrogens is 1. The van der Waals surface area contributed by atoms with E-state index in [1.807, 2.05) is 5.38 Å². The van der Waals surface area contributed by atoms with Crippen LogP contribution < -0.4 is 5.32 Å². The highest BCUT2D eigenvalue weighted by atomic mass is 32.1. The first kappa shape index (κ1) is 8.97. The van der Waals surface area contributed by atoms with Gasteiger partial charge >= 0.3 is 0 Å². The topological polar surface area (TPSA) is 45.1 Å². The van der Waals surface area contributed by atoms with E-state index in [1.54, 1.807) is 17.5 Å². The van der Waals surface area contributed by atoms with Crippen molar-refractivity contribution >= 4 is 16.5 Å². The molecule has 0 saturated heterocycles. The van der Waals surface area contributed by atoms with Gasteiger partial charge in [-0.3, -0.25) is 0 Å². The second kappa shape index (κ2) is 4.07. The number of aliphatic hydroxyl groups excluding tert-OH is 1. The van der Waals surface area contributed by atoms with E-state index in [9.17, 15) is 5.11 Å². The van der Waals surface area contributed by atoms with Crippen molar-refractivity contribution in [1.29, 1.82) is 0 Å². The Kier molecular flexibility index (Phi) is 2.80. The molecule has 0 bridgehead atoms. The number of hydrogen-bond acceptors (Lipinski definition) is 4. The molecule has 1 saturated carbocycles. The van der Waals surface area contributed by atoms with E-state index in [0.717, 1.165) is 24.4 Å². The van der Waals surface area contributed by atoms with E-state index in [-0.39, 0.29) is 12.1 Å². The summed E-state index contributed by atoms with van der Waals surface area (Å²) < 4.78 is 0. The van der Waals surface area contributed by atoms with Crippen LogP contribution in [0.4, 0.5) is 5.13 Å². The Labute approximate surface area is 81.8 Å². The molecule has 2 unspecified atom stereocenters. The molecule has 1 aromatic heterocycles. The zero-order chi connectivity index (χ0) is 9.10. The van der Waals surface area contributed by atoms with Gasteiger partial charge in [-0.25, -0.2) is 4.98 Å².